The number of aryl methyl sites for hydroxylation is 2. The Balaban J connectivity index is 2.19. The summed E-state index contributed by atoms with van der Waals surface area (Å²) in [5.41, 5.74) is 0.854. The molecule has 0 fully saturated rings. The molecule has 6 nitrogen and oxygen atoms in total. The number of nitrogens with one attached hydrogen (secondary N) is 2. The molecule has 6 heteroatoms. The van der Waals surface area contributed by atoms with Crippen molar-refractivity contribution in [1.82, 2.24) is 15.6 Å². The molecule has 0 spiro atoms. The fraction of sp³-hybridized carbons (Fsp3) is 0.636. The lowest BCUT2D eigenvalue weighted by molar-refractivity contribution is -0.120. The molecule has 2 N–H and O–H groups in total. The number of oxazole rings is 1. The summed E-state index contributed by atoms with van der Waals surface area (Å²) in [6.07, 6.45) is 0. The number of amides is 1. The SMILES string of the molecule is COCCNCC(=O)NCc1nc(C)c(C)o1. The van der Waals surface area contributed by atoms with Gasteiger partial charge in [-0.25, -0.2) is 4.98 Å². The molecule has 0 saturated carbocycles. The molecule has 0 aliphatic rings. The van der Waals surface area contributed by atoms with Gasteiger partial charge in [0.2, 0.25) is 11.8 Å². The van der Waals surface area contributed by atoms with Crippen LogP contribution in [0, 0.1) is 13.8 Å². The van der Waals surface area contributed by atoms with Crippen molar-refractivity contribution >= 4 is 5.91 Å². The molecule has 1 aromatic heterocycles. The molecule has 1 aromatic rings. The van der Waals surface area contributed by atoms with Crippen LogP contribution in [0.5, 0.6) is 0 Å². The van der Waals surface area contributed by atoms with Crippen LogP contribution >= 0.6 is 0 Å². The van der Waals surface area contributed by atoms with Gasteiger partial charge in [0.1, 0.15) is 5.76 Å². The molecule has 1 heterocycles. The van der Waals surface area contributed by atoms with Crippen LogP contribution in [0.15, 0.2) is 4.42 Å². The molecular weight excluding hydrogens is 222 g/mol. The third-order valence-corrected chi connectivity index (χ3v) is 2.28. The van der Waals surface area contributed by atoms with Gasteiger partial charge in [-0.15, -0.1) is 0 Å². The summed E-state index contributed by atoms with van der Waals surface area (Å²) in [6.45, 7) is 5.55. The van der Waals surface area contributed by atoms with Crippen LogP contribution in [0.3, 0.4) is 0 Å². The molecule has 0 atom stereocenters. The molecule has 0 bridgehead atoms. The minimum absolute atomic E-state index is 0.0883. The van der Waals surface area contributed by atoms with Crippen molar-refractivity contribution in [3.05, 3.63) is 17.3 Å². The lowest BCUT2D eigenvalue weighted by Gasteiger charge is -2.04. The van der Waals surface area contributed by atoms with Crippen LogP contribution in [0.25, 0.3) is 0 Å². The van der Waals surface area contributed by atoms with Crippen molar-refractivity contribution < 1.29 is 13.9 Å². The summed E-state index contributed by atoms with van der Waals surface area (Å²) in [7, 11) is 1.62. The number of carbonyl (C=O) groups is 1. The van der Waals surface area contributed by atoms with Crippen LogP contribution in [0.4, 0.5) is 0 Å². The van der Waals surface area contributed by atoms with E-state index < -0.39 is 0 Å². The summed E-state index contributed by atoms with van der Waals surface area (Å²) in [5.74, 6) is 1.23. The molecular formula is C11H19N3O3. The van der Waals surface area contributed by atoms with Gasteiger partial charge in [0.25, 0.3) is 0 Å². The van der Waals surface area contributed by atoms with Crippen molar-refractivity contribution in [2.24, 2.45) is 0 Å². The molecule has 0 aliphatic heterocycles. The van der Waals surface area contributed by atoms with E-state index in [2.05, 4.69) is 15.6 Å². The largest absolute Gasteiger partial charge is 0.444 e. The summed E-state index contributed by atoms with van der Waals surface area (Å²) in [6, 6.07) is 0. The van der Waals surface area contributed by atoms with Crippen LogP contribution in [0.1, 0.15) is 17.3 Å². The minimum atomic E-state index is -0.0883. The first kappa shape index (κ1) is 13.7. The third-order valence-electron chi connectivity index (χ3n) is 2.28. The monoisotopic (exact) mass is 241 g/mol. The van der Waals surface area contributed by atoms with E-state index in [0.717, 1.165) is 11.5 Å². The molecule has 0 unspecified atom stereocenters. The second kappa shape index (κ2) is 7.03. The van der Waals surface area contributed by atoms with E-state index >= 15 is 0 Å². The van der Waals surface area contributed by atoms with Gasteiger partial charge in [-0.3, -0.25) is 4.79 Å². The maximum absolute atomic E-state index is 11.4. The van der Waals surface area contributed by atoms with E-state index in [9.17, 15) is 4.79 Å². The summed E-state index contributed by atoms with van der Waals surface area (Å²) in [4.78, 5) is 15.6. The molecule has 0 aromatic carbocycles. The van der Waals surface area contributed by atoms with Gasteiger partial charge in [0.05, 0.1) is 25.4 Å². The van der Waals surface area contributed by atoms with E-state index in [1.54, 1.807) is 7.11 Å². The van der Waals surface area contributed by atoms with E-state index in [1.165, 1.54) is 0 Å². The van der Waals surface area contributed by atoms with E-state index in [0.29, 0.717) is 25.6 Å². The summed E-state index contributed by atoms with van der Waals surface area (Å²) < 4.78 is 10.2. The van der Waals surface area contributed by atoms with Crippen molar-refractivity contribution in [3.8, 4) is 0 Å². The average Bonchev–Trinajstić information content (AvgIpc) is 2.62. The highest BCUT2D eigenvalue weighted by Crippen LogP contribution is 2.07. The molecule has 0 saturated heterocycles. The Morgan fingerprint density at radius 1 is 1.47 bits per heavy atom. The molecule has 96 valence electrons. The Bertz CT molecular complexity index is 343. The number of nitrogens with zero attached hydrogens (tertiary/aromatic N) is 1. The van der Waals surface area contributed by atoms with Gasteiger partial charge in [0, 0.05) is 13.7 Å². The van der Waals surface area contributed by atoms with Crippen molar-refractivity contribution in [3.63, 3.8) is 0 Å². The van der Waals surface area contributed by atoms with Gasteiger partial charge in [-0.1, -0.05) is 0 Å². The van der Waals surface area contributed by atoms with Gasteiger partial charge < -0.3 is 19.8 Å². The highest BCUT2D eigenvalue weighted by atomic mass is 16.5. The number of rotatable bonds is 7. The third kappa shape index (κ3) is 4.97. The second-order valence-electron chi connectivity index (χ2n) is 3.70. The predicted octanol–water partition coefficient (Wildman–Crippen LogP) is 0.144. The fourth-order valence-electron chi connectivity index (χ4n) is 1.23. The van der Waals surface area contributed by atoms with E-state index in [-0.39, 0.29) is 12.5 Å². The zero-order valence-electron chi connectivity index (χ0n) is 10.5. The Kier molecular flexibility index (Phi) is 5.65. The number of hydrogen-bond donors (Lipinski definition) is 2. The first-order chi connectivity index (χ1) is 8.13. The summed E-state index contributed by atoms with van der Waals surface area (Å²) in [5, 5.41) is 5.67. The number of carbonyl (C=O) groups excluding carboxylic acids is 1. The number of ether oxygens (including phenoxy) is 1. The second-order valence-corrected chi connectivity index (χ2v) is 3.70. The topological polar surface area (TPSA) is 76.4 Å². The van der Waals surface area contributed by atoms with Gasteiger partial charge in [-0.2, -0.15) is 0 Å². The summed E-state index contributed by atoms with van der Waals surface area (Å²) >= 11 is 0. The molecule has 1 amide bonds. The lowest BCUT2D eigenvalue weighted by atomic mass is 10.4. The zero-order chi connectivity index (χ0) is 12.7. The quantitative estimate of drug-likeness (QED) is 0.664. The van der Waals surface area contributed by atoms with Gasteiger partial charge >= 0.3 is 0 Å². The average molecular weight is 241 g/mol. The molecule has 1 rings (SSSR count). The van der Waals surface area contributed by atoms with Gasteiger partial charge in [0.15, 0.2) is 0 Å². The number of methoxy groups -OCH3 is 1. The van der Waals surface area contributed by atoms with Crippen LogP contribution in [0.2, 0.25) is 0 Å². The fourth-order valence-corrected chi connectivity index (χ4v) is 1.23. The molecule has 0 aliphatic carbocycles. The standard InChI is InChI=1S/C11H19N3O3/c1-8-9(2)17-11(14-8)7-13-10(15)6-12-4-5-16-3/h12H,4-7H2,1-3H3,(H,13,15). The predicted molar refractivity (Wildman–Crippen MR) is 62.6 cm³/mol. The number of aromatic nitrogens is 1. The minimum Gasteiger partial charge on any atom is -0.444 e. The van der Waals surface area contributed by atoms with E-state index in [1.807, 2.05) is 13.8 Å². The first-order valence-corrected chi connectivity index (χ1v) is 5.52. The maximum atomic E-state index is 11.4. The van der Waals surface area contributed by atoms with Crippen LogP contribution < -0.4 is 10.6 Å². The van der Waals surface area contributed by atoms with Crippen molar-refractivity contribution in [2.45, 2.75) is 20.4 Å². The lowest BCUT2D eigenvalue weighted by Crippen LogP contribution is -2.34. The highest BCUT2D eigenvalue weighted by Gasteiger charge is 2.06. The molecule has 0 radical (unpaired) electrons. The first-order valence-electron chi connectivity index (χ1n) is 5.52. The zero-order valence-corrected chi connectivity index (χ0v) is 10.5. The van der Waals surface area contributed by atoms with Crippen molar-refractivity contribution in [2.75, 3.05) is 26.8 Å². The van der Waals surface area contributed by atoms with E-state index in [4.69, 9.17) is 9.15 Å². The van der Waals surface area contributed by atoms with Crippen molar-refractivity contribution in [1.29, 1.82) is 0 Å². The van der Waals surface area contributed by atoms with Crippen LogP contribution in [-0.4, -0.2) is 37.7 Å². The van der Waals surface area contributed by atoms with Gasteiger partial charge in [-0.05, 0) is 13.8 Å². The normalized spacial score (nSPS) is 10.5. The Labute approximate surface area is 101 Å². The Morgan fingerprint density at radius 2 is 2.24 bits per heavy atom. The number of hydrogen-bond acceptors (Lipinski definition) is 5. The smallest absolute Gasteiger partial charge is 0.234 e. The Morgan fingerprint density at radius 3 is 2.82 bits per heavy atom. The highest BCUT2D eigenvalue weighted by molar-refractivity contribution is 5.77. The molecule has 17 heavy (non-hydrogen) atoms. The van der Waals surface area contributed by atoms with Crippen LogP contribution in [-0.2, 0) is 16.1 Å². The Hall–Kier alpha value is -1.40. The maximum Gasteiger partial charge on any atom is 0.234 e.